The van der Waals surface area contributed by atoms with Crippen molar-refractivity contribution in [1.29, 1.82) is 0 Å². The molecule has 16 heavy (non-hydrogen) atoms. The number of alkyl halides is 2. The third-order valence-electron chi connectivity index (χ3n) is 1.90. The summed E-state index contributed by atoms with van der Waals surface area (Å²) >= 11 is 5.42. The number of nitrogens with one attached hydrogen (secondary N) is 1. The molecule has 0 fully saturated rings. The van der Waals surface area contributed by atoms with Gasteiger partial charge in [-0.2, -0.15) is 0 Å². The summed E-state index contributed by atoms with van der Waals surface area (Å²) in [5, 5.41) is -0.423. The van der Waals surface area contributed by atoms with Crippen molar-refractivity contribution in [3.05, 3.63) is 32.7 Å². The summed E-state index contributed by atoms with van der Waals surface area (Å²) in [5.41, 5.74) is -1.30. The minimum absolute atomic E-state index is 0.105. The molecule has 1 aromatic rings. The van der Waals surface area contributed by atoms with Gasteiger partial charge in [-0.05, 0) is 6.07 Å². The van der Waals surface area contributed by atoms with E-state index in [0.29, 0.717) is 0 Å². The first-order valence-corrected chi connectivity index (χ1v) is 4.60. The molecule has 0 radical (unpaired) electrons. The highest BCUT2D eigenvalue weighted by atomic mass is 35.5. The maximum atomic E-state index is 12.4. The Labute approximate surface area is 94.2 Å². The molecule has 0 amide bonds. The van der Waals surface area contributed by atoms with Gasteiger partial charge >= 0.3 is 5.97 Å². The van der Waals surface area contributed by atoms with Gasteiger partial charge in [-0.3, -0.25) is 9.59 Å². The van der Waals surface area contributed by atoms with Crippen molar-refractivity contribution >= 4 is 17.6 Å². The fourth-order valence-corrected chi connectivity index (χ4v) is 1.31. The van der Waals surface area contributed by atoms with Crippen LogP contribution in [0.2, 0.25) is 5.15 Å². The standard InChI is InChI=1S/C9H8ClF2NO3/c1-16-6(14)3-4-2-5(8(11)12)7(10)13-9(4)15/h2,8H,3H2,1H3,(H,13,15). The van der Waals surface area contributed by atoms with Crippen LogP contribution in [0.5, 0.6) is 0 Å². The largest absolute Gasteiger partial charge is 0.469 e. The van der Waals surface area contributed by atoms with E-state index < -0.39 is 28.7 Å². The van der Waals surface area contributed by atoms with Crippen LogP contribution in [-0.4, -0.2) is 18.1 Å². The van der Waals surface area contributed by atoms with Crippen LogP contribution < -0.4 is 5.56 Å². The quantitative estimate of drug-likeness (QED) is 0.657. The highest BCUT2D eigenvalue weighted by molar-refractivity contribution is 6.30. The molecule has 0 aliphatic carbocycles. The number of pyridine rings is 1. The van der Waals surface area contributed by atoms with Crippen LogP contribution in [0, 0.1) is 0 Å². The van der Waals surface area contributed by atoms with Gasteiger partial charge < -0.3 is 9.72 Å². The molecule has 0 spiro atoms. The van der Waals surface area contributed by atoms with E-state index in [0.717, 1.165) is 13.2 Å². The summed E-state index contributed by atoms with van der Waals surface area (Å²) < 4.78 is 29.2. The number of hydrogen-bond donors (Lipinski definition) is 1. The maximum Gasteiger partial charge on any atom is 0.310 e. The molecule has 0 aliphatic rings. The Morgan fingerprint density at radius 2 is 2.25 bits per heavy atom. The lowest BCUT2D eigenvalue weighted by Crippen LogP contribution is -2.18. The molecule has 7 heteroatoms. The van der Waals surface area contributed by atoms with Gasteiger partial charge in [-0.25, -0.2) is 8.78 Å². The first-order valence-electron chi connectivity index (χ1n) is 4.22. The fraction of sp³-hybridized carbons (Fsp3) is 0.333. The summed E-state index contributed by atoms with van der Waals surface area (Å²) in [6.45, 7) is 0. The summed E-state index contributed by atoms with van der Waals surface area (Å²) in [6, 6.07) is 0.906. The molecule has 1 aromatic heterocycles. The second kappa shape index (κ2) is 5.07. The third kappa shape index (κ3) is 2.79. The van der Waals surface area contributed by atoms with Crippen molar-refractivity contribution in [2.45, 2.75) is 12.8 Å². The van der Waals surface area contributed by atoms with E-state index in [9.17, 15) is 18.4 Å². The van der Waals surface area contributed by atoms with E-state index >= 15 is 0 Å². The van der Waals surface area contributed by atoms with Gasteiger partial charge in [0.25, 0.3) is 12.0 Å². The van der Waals surface area contributed by atoms with Gasteiger partial charge in [0, 0.05) is 5.56 Å². The van der Waals surface area contributed by atoms with Crippen LogP contribution in [0.25, 0.3) is 0 Å². The van der Waals surface area contributed by atoms with E-state index in [1.807, 2.05) is 4.98 Å². The zero-order valence-electron chi connectivity index (χ0n) is 8.22. The van der Waals surface area contributed by atoms with E-state index in [2.05, 4.69) is 4.74 Å². The van der Waals surface area contributed by atoms with Gasteiger partial charge in [-0.1, -0.05) is 11.6 Å². The van der Waals surface area contributed by atoms with Gasteiger partial charge in [-0.15, -0.1) is 0 Å². The lowest BCUT2D eigenvalue weighted by molar-refractivity contribution is -0.139. The maximum absolute atomic E-state index is 12.4. The monoisotopic (exact) mass is 251 g/mol. The molecule has 1 N–H and O–H groups in total. The molecule has 4 nitrogen and oxygen atoms in total. The van der Waals surface area contributed by atoms with Crippen molar-refractivity contribution in [3.63, 3.8) is 0 Å². The van der Waals surface area contributed by atoms with E-state index in [4.69, 9.17) is 11.6 Å². The normalized spacial score (nSPS) is 10.6. The minimum Gasteiger partial charge on any atom is -0.469 e. The summed E-state index contributed by atoms with van der Waals surface area (Å²) in [7, 11) is 1.14. The predicted molar refractivity (Wildman–Crippen MR) is 52.7 cm³/mol. The molecule has 0 aromatic carbocycles. The smallest absolute Gasteiger partial charge is 0.310 e. The molecule has 0 saturated heterocycles. The van der Waals surface area contributed by atoms with Crippen LogP contribution in [0.1, 0.15) is 17.6 Å². The second-order valence-corrected chi connectivity index (χ2v) is 3.32. The number of aromatic nitrogens is 1. The lowest BCUT2D eigenvalue weighted by atomic mass is 10.1. The molecule has 0 aliphatic heterocycles. The highest BCUT2D eigenvalue weighted by Crippen LogP contribution is 2.24. The van der Waals surface area contributed by atoms with Crippen LogP contribution in [0.15, 0.2) is 10.9 Å². The highest BCUT2D eigenvalue weighted by Gasteiger charge is 2.16. The number of H-pyrrole nitrogens is 1. The molecule has 88 valence electrons. The molecular formula is C9H8ClF2NO3. The molecule has 0 unspecified atom stereocenters. The van der Waals surface area contributed by atoms with Crippen LogP contribution >= 0.6 is 11.6 Å². The van der Waals surface area contributed by atoms with Crippen molar-refractivity contribution in [1.82, 2.24) is 4.98 Å². The van der Waals surface area contributed by atoms with E-state index in [1.165, 1.54) is 0 Å². The summed E-state index contributed by atoms with van der Waals surface area (Å²) in [5.74, 6) is -0.687. The molecule has 0 saturated carbocycles. The number of ether oxygens (including phenoxy) is 1. The Kier molecular flexibility index (Phi) is 4.00. The number of carbonyl (C=O) groups is 1. The number of esters is 1. The van der Waals surface area contributed by atoms with Gasteiger partial charge in [0.2, 0.25) is 0 Å². The van der Waals surface area contributed by atoms with E-state index in [-0.39, 0.29) is 12.0 Å². The zero-order chi connectivity index (χ0) is 12.3. The van der Waals surface area contributed by atoms with Crippen molar-refractivity contribution in [2.75, 3.05) is 7.11 Å². The first kappa shape index (κ1) is 12.6. The molecule has 0 bridgehead atoms. The Morgan fingerprint density at radius 1 is 1.62 bits per heavy atom. The van der Waals surface area contributed by atoms with Gasteiger partial charge in [0.1, 0.15) is 5.15 Å². The Morgan fingerprint density at radius 3 is 2.75 bits per heavy atom. The number of rotatable bonds is 3. The van der Waals surface area contributed by atoms with Gasteiger partial charge in [0.15, 0.2) is 0 Å². The van der Waals surface area contributed by atoms with Crippen molar-refractivity contribution in [3.8, 4) is 0 Å². The third-order valence-corrected chi connectivity index (χ3v) is 2.21. The first-order chi connectivity index (χ1) is 7.45. The van der Waals surface area contributed by atoms with Gasteiger partial charge in [0.05, 0.1) is 19.1 Å². The van der Waals surface area contributed by atoms with Crippen molar-refractivity contribution in [2.24, 2.45) is 0 Å². The number of halogens is 3. The molecule has 1 rings (SSSR count). The van der Waals surface area contributed by atoms with Crippen LogP contribution in [0.3, 0.4) is 0 Å². The zero-order valence-corrected chi connectivity index (χ0v) is 8.98. The van der Waals surface area contributed by atoms with Crippen LogP contribution in [-0.2, 0) is 16.0 Å². The number of aromatic amines is 1. The molecular weight excluding hydrogens is 244 g/mol. The average Bonchev–Trinajstić information content (AvgIpc) is 2.21. The molecule has 0 atom stereocenters. The van der Waals surface area contributed by atoms with Crippen molar-refractivity contribution < 1.29 is 18.3 Å². The predicted octanol–water partition coefficient (Wildman–Crippen LogP) is 1.68. The number of methoxy groups -OCH3 is 1. The topological polar surface area (TPSA) is 59.2 Å². The van der Waals surface area contributed by atoms with E-state index in [1.54, 1.807) is 0 Å². The fourth-order valence-electron chi connectivity index (χ4n) is 1.09. The van der Waals surface area contributed by atoms with Crippen LogP contribution in [0.4, 0.5) is 8.78 Å². The summed E-state index contributed by atoms with van der Waals surface area (Å²) in [6.07, 6.45) is -3.19. The number of carbonyl (C=O) groups excluding carboxylic acids is 1. The summed E-state index contributed by atoms with van der Waals surface area (Å²) in [4.78, 5) is 24.2. The second-order valence-electron chi connectivity index (χ2n) is 2.95. The average molecular weight is 252 g/mol. The SMILES string of the molecule is COC(=O)Cc1cc(C(F)F)c(Cl)[nH]c1=O. The lowest BCUT2D eigenvalue weighted by Gasteiger charge is -2.05. The Bertz CT molecular complexity index is 459. The number of hydrogen-bond acceptors (Lipinski definition) is 3. The molecule has 1 heterocycles. The Balaban J connectivity index is 3.15. The minimum atomic E-state index is -2.82. The Hall–Kier alpha value is -1.43.